The number of nitrogens with one attached hydrogen (secondary N) is 1. The largest absolute Gasteiger partial charge is 0.351 e. The predicted molar refractivity (Wildman–Crippen MR) is 122 cm³/mol. The Labute approximate surface area is 186 Å². The molecule has 2 aromatic carbocycles. The van der Waals surface area contributed by atoms with Crippen molar-refractivity contribution in [1.29, 1.82) is 0 Å². The molecule has 160 valence electrons. The van der Waals surface area contributed by atoms with Crippen LogP contribution in [0.3, 0.4) is 0 Å². The van der Waals surface area contributed by atoms with Gasteiger partial charge >= 0.3 is 0 Å². The van der Waals surface area contributed by atoms with Gasteiger partial charge in [0, 0.05) is 17.1 Å². The van der Waals surface area contributed by atoms with Gasteiger partial charge in [-0.15, -0.1) is 5.10 Å². The molecule has 0 aliphatic heterocycles. The molecule has 6 nitrogen and oxygen atoms in total. The lowest BCUT2D eigenvalue weighted by Gasteiger charge is -2.33. The lowest BCUT2D eigenvalue weighted by Crippen LogP contribution is -2.46. The van der Waals surface area contributed by atoms with Crippen LogP contribution in [0.15, 0.2) is 53.9 Å². The van der Waals surface area contributed by atoms with E-state index in [2.05, 4.69) is 14.9 Å². The summed E-state index contributed by atoms with van der Waals surface area (Å²) in [6.45, 7) is 3.97. The molecular weight excluding hydrogens is 408 g/mol. The Kier molecular flexibility index (Phi) is 6.42. The van der Waals surface area contributed by atoms with Crippen molar-refractivity contribution in [2.24, 2.45) is 0 Å². The predicted octanol–water partition coefficient (Wildman–Crippen LogP) is 4.60. The van der Waals surface area contributed by atoms with Crippen molar-refractivity contribution < 1.29 is 9.59 Å². The Morgan fingerprint density at radius 2 is 1.84 bits per heavy atom. The smallest absolute Gasteiger partial charge is 0.280 e. The molecule has 3 aromatic rings. The molecule has 0 spiro atoms. The average molecular weight is 435 g/mol. The number of rotatable bonds is 6. The second kappa shape index (κ2) is 9.39. The van der Waals surface area contributed by atoms with Gasteiger partial charge in [-0.3, -0.25) is 14.5 Å². The molecule has 1 aliphatic rings. The third kappa shape index (κ3) is 4.66. The van der Waals surface area contributed by atoms with Crippen LogP contribution in [0.5, 0.6) is 0 Å². The topological polar surface area (TPSA) is 75.2 Å². The summed E-state index contributed by atoms with van der Waals surface area (Å²) >= 11 is 1.12. The van der Waals surface area contributed by atoms with Gasteiger partial charge in [-0.05, 0) is 55.4 Å². The number of hydrogen-bond donors (Lipinski definition) is 1. The van der Waals surface area contributed by atoms with Crippen molar-refractivity contribution in [2.75, 3.05) is 4.90 Å². The zero-order valence-electron chi connectivity index (χ0n) is 17.7. The Hall–Kier alpha value is -3.06. The van der Waals surface area contributed by atoms with E-state index in [9.17, 15) is 9.59 Å². The van der Waals surface area contributed by atoms with Crippen molar-refractivity contribution in [3.8, 4) is 0 Å². The zero-order chi connectivity index (χ0) is 21.8. The lowest BCUT2D eigenvalue weighted by molar-refractivity contribution is -0.123. The molecule has 1 atom stereocenters. The van der Waals surface area contributed by atoms with E-state index in [1.165, 1.54) is 0 Å². The molecule has 0 radical (unpaired) electrons. The average Bonchev–Trinajstić information content (AvgIpc) is 3.47. The van der Waals surface area contributed by atoms with Crippen LogP contribution >= 0.6 is 11.5 Å². The first kappa shape index (κ1) is 21.2. The van der Waals surface area contributed by atoms with Crippen LogP contribution in [0.4, 0.5) is 5.69 Å². The number of benzene rings is 2. The minimum absolute atomic E-state index is 0.149. The van der Waals surface area contributed by atoms with Crippen molar-refractivity contribution in [2.45, 2.75) is 51.6 Å². The maximum Gasteiger partial charge on any atom is 0.280 e. The van der Waals surface area contributed by atoms with Crippen LogP contribution in [0, 0.1) is 13.8 Å². The molecule has 7 heteroatoms. The van der Waals surface area contributed by atoms with Gasteiger partial charge in [0.05, 0.1) is 0 Å². The van der Waals surface area contributed by atoms with Crippen LogP contribution in [0.2, 0.25) is 0 Å². The molecule has 1 aromatic heterocycles. The fourth-order valence-corrected chi connectivity index (χ4v) is 4.66. The van der Waals surface area contributed by atoms with E-state index in [4.69, 9.17) is 0 Å². The summed E-state index contributed by atoms with van der Waals surface area (Å²) in [5.74, 6) is -0.509. The van der Waals surface area contributed by atoms with Gasteiger partial charge < -0.3 is 5.32 Å². The minimum Gasteiger partial charge on any atom is -0.351 e. The highest BCUT2D eigenvalue weighted by molar-refractivity contribution is 7.03. The molecule has 0 unspecified atom stereocenters. The third-order valence-electron chi connectivity index (χ3n) is 5.73. The maximum absolute atomic E-state index is 13.7. The number of anilines is 1. The lowest BCUT2D eigenvalue weighted by atomic mass is 10.00. The van der Waals surface area contributed by atoms with Gasteiger partial charge in [-0.25, -0.2) is 0 Å². The standard InChI is InChI=1S/C24H26N4O2S/c1-16-12-13-21(17(2)14-16)28(24(30)20-15-31-27-26-20)22(18-8-4-3-5-9-18)23(29)25-19-10-6-7-11-19/h3-5,8-9,12-15,19,22H,6-7,10-11H2,1-2H3,(H,25,29)/t22-/m0/s1. The normalized spacial score (nSPS) is 14.9. The number of aromatic nitrogens is 2. The van der Waals surface area contributed by atoms with Crippen molar-refractivity contribution >= 4 is 29.0 Å². The fourth-order valence-electron chi connectivity index (χ4n) is 4.23. The van der Waals surface area contributed by atoms with E-state index in [1.54, 1.807) is 10.3 Å². The monoisotopic (exact) mass is 434 g/mol. The molecular formula is C24H26N4O2S. The van der Waals surface area contributed by atoms with E-state index in [1.807, 2.05) is 62.4 Å². The van der Waals surface area contributed by atoms with Crippen molar-refractivity contribution in [3.05, 3.63) is 76.3 Å². The number of nitrogens with zero attached hydrogens (tertiary/aromatic N) is 3. The van der Waals surface area contributed by atoms with Gasteiger partial charge in [0.25, 0.3) is 5.91 Å². The number of aryl methyl sites for hydroxylation is 2. The number of amides is 2. The van der Waals surface area contributed by atoms with Gasteiger partial charge in [0.1, 0.15) is 6.04 Å². The van der Waals surface area contributed by atoms with Crippen LogP contribution in [0.25, 0.3) is 0 Å². The molecule has 4 rings (SSSR count). The van der Waals surface area contributed by atoms with E-state index in [0.29, 0.717) is 5.69 Å². The highest BCUT2D eigenvalue weighted by atomic mass is 32.1. The van der Waals surface area contributed by atoms with Crippen LogP contribution in [-0.2, 0) is 4.79 Å². The van der Waals surface area contributed by atoms with Crippen molar-refractivity contribution in [1.82, 2.24) is 14.9 Å². The van der Waals surface area contributed by atoms with E-state index in [0.717, 1.165) is 53.9 Å². The molecule has 0 bridgehead atoms. The van der Waals surface area contributed by atoms with Gasteiger partial charge in [-0.2, -0.15) is 0 Å². The molecule has 1 saturated carbocycles. The first-order valence-electron chi connectivity index (χ1n) is 10.6. The molecule has 1 fully saturated rings. The summed E-state index contributed by atoms with van der Waals surface area (Å²) < 4.78 is 3.86. The second-order valence-electron chi connectivity index (χ2n) is 8.06. The Balaban J connectivity index is 1.82. The number of carbonyl (C=O) groups excluding carboxylic acids is 2. The van der Waals surface area contributed by atoms with Gasteiger partial charge in [0.2, 0.25) is 5.91 Å². The molecule has 1 heterocycles. The summed E-state index contributed by atoms with van der Waals surface area (Å²) in [7, 11) is 0. The van der Waals surface area contributed by atoms with Crippen LogP contribution < -0.4 is 10.2 Å². The second-order valence-corrected chi connectivity index (χ2v) is 8.67. The van der Waals surface area contributed by atoms with Crippen LogP contribution in [0.1, 0.15) is 58.9 Å². The fraction of sp³-hybridized carbons (Fsp3) is 0.333. The molecule has 0 saturated heterocycles. The van der Waals surface area contributed by atoms with Crippen molar-refractivity contribution in [3.63, 3.8) is 0 Å². The van der Waals surface area contributed by atoms with E-state index in [-0.39, 0.29) is 23.6 Å². The highest BCUT2D eigenvalue weighted by Crippen LogP contribution is 2.33. The molecule has 1 aliphatic carbocycles. The Morgan fingerprint density at radius 3 is 2.48 bits per heavy atom. The van der Waals surface area contributed by atoms with Crippen LogP contribution in [-0.4, -0.2) is 27.4 Å². The molecule has 2 amide bonds. The summed E-state index contributed by atoms with van der Waals surface area (Å²) in [5, 5.41) is 8.81. The maximum atomic E-state index is 13.7. The first-order chi connectivity index (χ1) is 15.0. The third-order valence-corrected chi connectivity index (χ3v) is 6.24. The van der Waals surface area contributed by atoms with Gasteiger partial charge in [-0.1, -0.05) is 65.4 Å². The first-order valence-corrected chi connectivity index (χ1v) is 11.4. The quantitative estimate of drug-likeness (QED) is 0.615. The molecule has 1 N–H and O–H groups in total. The summed E-state index contributed by atoms with van der Waals surface area (Å²) in [4.78, 5) is 28.9. The summed E-state index contributed by atoms with van der Waals surface area (Å²) in [5.41, 5.74) is 3.70. The number of carbonyl (C=O) groups is 2. The summed E-state index contributed by atoms with van der Waals surface area (Å²) in [6, 6.07) is 14.7. The summed E-state index contributed by atoms with van der Waals surface area (Å²) in [6.07, 6.45) is 4.18. The van der Waals surface area contributed by atoms with E-state index < -0.39 is 6.04 Å². The van der Waals surface area contributed by atoms with Gasteiger partial charge in [0.15, 0.2) is 5.69 Å². The zero-order valence-corrected chi connectivity index (χ0v) is 18.6. The number of hydrogen-bond acceptors (Lipinski definition) is 5. The van der Waals surface area contributed by atoms with E-state index >= 15 is 0 Å². The Bertz CT molecular complexity index is 1050. The highest BCUT2D eigenvalue weighted by Gasteiger charge is 2.36. The minimum atomic E-state index is -0.808. The Morgan fingerprint density at radius 1 is 1.10 bits per heavy atom. The molecule has 31 heavy (non-hydrogen) atoms. The SMILES string of the molecule is Cc1ccc(N(C(=O)c2csnn2)[C@H](C(=O)NC2CCCC2)c2ccccc2)c(C)c1.